The molecule has 0 saturated heterocycles. The SMILES string of the molecule is CCOc1ccc(C(C)NC(=O)Cc2c(F)cccc2Cl)cc1OCC. The molecular weight excluding hydrogens is 357 g/mol. The number of hydrogen-bond acceptors (Lipinski definition) is 3. The predicted molar refractivity (Wildman–Crippen MR) is 100 cm³/mol. The van der Waals surface area contributed by atoms with Crippen molar-refractivity contribution < 1.29 is 18.7 Å². The van der Waals surface area contributed by atoms with E-state index < -0.39 is 5.82 Å². The number of carbonyl (C=O) groups excluding carboxylic acids is 1. The largest absolute Gasteiger partial charge is 0.490 e. The van der Waals surface area contributed by atoms with Gasteiger partial charge in [-0.05, 0) is 50.6 Å². The van der Waals surface area contributed by atoms with Gasteiger partial charge >= 0.3 is 0 Å². The molecule has 140 valence electrons. The van der Waals surface area contributed by atoms with Crippen LogP contribution in [0.3, 0.4) is 0 Å². The van der Waals surface area contributed by atoms with Crippen molar-refractivity contribution in [1.82, 2.24) is 5.32 Å². The Morgan fingerprint density at radius 1 is 1.15 bits per heavy atom. The molecule has 1 atom stereocenters. The lowest BCUT2D eigenvalue weighted by Crippen LogP contribution is -2.28. The highest BCUT2D eigenvalue weighted by atomic mass is 35.5. The number of halogens is 2. The highest BCUT2D eigenvalue weighted by molar-refractivity contribution is 6.31. The lowest BCUT2D eigenvalue weighted by atomic mass is 10.1. The van der Waals surface area contributed by atoms with Gasteiger partial charge in [-0.25, -0.2) is 4.39 Å². The molecule has 1 amide bonds. The van der Waals surface area contributed by atoms with Crippen molar-refractivity contribution in [1.29, 1.82) is 0 Å². The fourth-order valence-electron chi connectivity index (χ4n) is 2.57. The van der Waals surface area contributed by atoms with Crippen LogP contribution in [0.2, 0.25) is 5.02 Å². The summed E-state index contributed by atoms with van der Waals surface area (Å²) in [5.41, 5.74) is 1.06. The summed E-state index contributed by atoms with van der Waals surface area (Å²) in [7, 11) is 0. The standard InChI is InChI=1S/C20H23ClFNO3/c1-4-25-18-10-9-14(11-19(18)26-5-2)13(3)23-20(24)12-15-16(21)7-6-8-17(15)22/h6-11,13H,4-5,12H2,1-3H3,(H,23,24). The first kappa shape index (κ1) is 20.0. The van der Waals surface area contributed by atoms with Crippen molar-refractivity contribution in [3.8, 4) is 11.5 Å². The first-order chi connectivity index (χ1) is 12.5. The maximum absolute atomic E-state index is 13.8. The second kappa shape index (κ2) is 9.43. The Morgan fingerprint density at radius 3 is 2.50 bits per heavy atom. The maximum atomic E-state index is 13.8. The van der Waals surface area contributed by atoms with Gasteiger partial charge in [-0.3, -0.25) is 4.79 Å². The minimum atomic E-state index is -0.486. The van der Waals surface area contributed by atoms with E-state index in [0.717, 1.165) is 5.56 Å². The van der Waals surface area contributed by atoms with Gasteiger partial charge in [0.15, 0.2) is 11.5 Å². The van der Waals surface area contributed by atoms with Crippen molar-refractivity contribution in [3.05, 3.63) is 58.4 Å². The normalized spacial score (nSPS) is 11.7. The van der Waals surface area contributed by atoms with Crippen LogP contribution in [-0.2, 0) is 11.2 Å². The molecule has 0 aliphatic rings. The first-order valence-corrected chi connectivity index (χ1v) is 8.95. The summed E-state index contributed by atoms with van der Waals surface area (Å²) in [5, 5.41) is 3.10. The molecule has 2 aromatic carbocycles. The number of hydrogen-bond donors (Lipinski definition) is 1. The number of nitrogens with one attached hydrogen (secondary N) is 1. The molecule has 2 rings (SSSR count). The minimum Gasteiger partial charge on any atom is -0.490 e. The average Bonchev–Trinajstić information content (AvgIpc) is 2.60. The van der Waals surface area contributed by atoms with Crippen LogP contribution >= 0.6 is 11.6 Å². The smallest absolute Gasteiger partial charge is 0.225 e. The van der Waals surface area contributed by atoms with Crippen molar-refractivity contribution in [3.63, 3.8) is 0 Å². The summed E-state index contributed by atoms with van der Waals surface area (Å²) >= 11 is 5.98. The van der Waals surface area contributed by atoms with Crippen molar-refractivity contribution in [2.24, 2.45) is 0 Å². The third-order valence-corrected chi connectivity index (χ3v) is 4.20. The Kier molecular flexibility index (Phi) is 7.27. The summed E-state index contributed by atoms with van der Waals surface area (Å²) in [4.78, 5) is 12.3. The fraction of sp³-hybridized carbons (Fsp3) is 0.350. The van der Waals surface area contributed by atoms with Gasteiger partial charge < -0.3 is 14.8 Å². The lowest BCUT2D eigenvalue weighted by molar-refractivity contribution is -0.121. The van der Waals surface area contributed by atoms with E-state index in [-0.39, 0.29) is 29.0 Å². The molecule has 1 unspecified atom stereocenters. The van der Waals surface area contributed by atoms with Gasteiger partial charge in [0.25, 0.3) is 0 Å². The Labute approximate surface area is 158 Å². The van der Waals surface area contributed by atoms with Gasteiger partial charge in [-0.15, -0.1) is 0 Å². The van der Waals surface area contributed by atoms with Crippen LogP contribution in [0.4, 0.5) is 4.39 Å². The quantitative estimate of drug-likeness (QED) is 0.723. The summed E-state index contributed by atoms with van der Waals surface area (Å²) in [5.74, 6) is 0.496. The van der Waals surface area contributed by atoms with Gasteiger partial charge in [0, 0.05) is 10.6 Å². The maximum Gasteiger partial charge on any atom is 0.225 e. The first-order valence-electron chi connectivity index (χ1n) is 8.58. The average molecular weight is 380 g/mol. The van der Waals surface area contributed by atoms with E-state index in [2.05, 4.69) is 5.32 Å². The summed E-state index contributed by atoms with van der Waals surface area (Å²) in [6, 6.07) is 9.63. The molecule has 1 N–H and O–H groups in total. The van der Waals surface area contributed by atoms with Crippen LogP contribution in [0.25, 0.3) is 0 Å². The highest BCUT2D eigenvalue weighted by Crippen LogP contribution is 2.30. The van der Waals surface area contributed by atoms with E-state index in [0.29, 0.717) is 24.7 Å². The van der Waals surface area contributed by atoms with Crippen LogP contribution in [0.1, 0.15) is 37.9 Å². The predicted octanol–water partition coefficient (Wildman–Crippen LogP) is 4.70. The van der Waals surface area contributed by atoms with Crippen molar-refractivity contribution >= 4 is 17.5 Å². The summed E-state index contributed by atoms with van der Waals surface area (Å²) in [6.07, 6.45) is -0.120. The molecule has 0 fully saturated rings. The zero-order chi connectivity index (χ0) is 19.1. The Morgan fingerprint density at radius 2 is 1.85 bits per heavy atom. The van der Waals surface area contributed by atoms with E-state index >= 15 is 0 Å². The van der Waals surface area contributed by atoms with Crippen molar-refractivity contribution in [2.75, 3.05) is 13.2 Å². The highest BCUT2D eigenvalue weighted by Gasteiger charge is 2.16. The molecule has 6 heteroatoms. The molecule has 0 aliphatic carbocycles. The molecular formula is C20H23ClFNO3. The third kappa shape index (κ3) is 5.11. The molecule has 0 aromatic heterocycles. The van der Waals surface area contributed by atoms with Crippen molar-refractivity contribution in [2.45, 2.75) is 33.2 Å². The molecule has 4 nitrogen and oxygen atoms in total. The van der Waals surface area contributed by atoms with Crippen LogP contribution in [0, 0.1) is 5.82 Å². The second-order valence-corrected chi connectivity index (χ2v) is 6.15. The topological polar surface area (TPSA) is 47.6 Å². The molecule has 0 heterocycles. The summed E-state index contributed by atoms with van der Waals surface area (Å²) in [6.45, 7) is 6.70. The van der Waals surface area contributed by atoms with Gasteiger partial charge in [-0.2, -0.15) is 0 Å². The fourth-order valence-corrected chi connectivity index (χ4v) is 2.80. The molecule has 0 spiro atoms. The van der Waals surface area contributed by atoms with E-state index in [1.54, 1.807) is 6.07 Å². The van der Waals surface area contributed by atoms with Gasteiger partial charge in [0.2, 0.25) is 5.91 Å². The number of carbonyl (C=O) groups is 1. The van der Waals surface area contributed by atoms with E-state index in [9.17, 15) is 9.18 Å². The summed E-state index contributed by atoms with van der Waals surface area (Å²) < 4.78 is 25.0. The molecule has 2 aromatic rings. The Balaban J connectivity index is 2.10. The van der Waals surface area contributed by atoms with E-state index in [1.807, 2.05) is 39.0 Å². The molecule has 26 heavy (non-hydrogen) atoms. The monoisotopic (exact) mass is 379 g/mol. The van der Waals surface area contributed by atoms with E-state index in [4.69, 9.17) is 21.1 Å². The Bertz CT molecular complexity index is 746. The van der Waals surface area contributed by atoms with Crippen LogP contribution in [0.5, 0.6) is 11.5 Å². The van der Waals surface area contributed by atoms with Crippen LogP contribution in [0.15, 0.2) is 36.4 Å². The number of amides is 1. The molecule has 0 aliphatic heterocycles. The molecule has 0 radical (unpaired) electrons. The van der Waals surface area contributed by atoms with Crippen LogP contribution in [-0.4, -0.2) is 19.1 Å². The van der Waals surface area contributed by atoms with Gasteiger partial charge in [0.1, 0.15) is 5.82 Å². The van der Waals surface area contributed by atoms with Gasteiger partial charge in [-0.1, -0.05) is 23.7 Å². The number of benzene rings is 2. The van der Waals surface area contributed by atoms with Crippen LogP contribution < -0.4 is 14.8 Å². The molecule has 0 saturated carbocycles. The Hall–Kier alpha value is -2.27. The minimum absolute atomic E-state index is 0.120. The molecule has 0 bridgehead atoms. The zero-order valence-electron chi connectivity index (χ0n) is 15.1. The van der Waals surface area contributed by atoms with E-state index in [1.165, 1.54) is 12.1 Å². The number of rotatable bonds is 8. The zero-order valence-corrected chi connectivity index (χ0v) is 15.9. The van der Waals surface area contributed by atoms with Gasteiger partial charge in [0.05, 0.1) is 25.7 Å². The second-order valence-electron chi connectivity index (χ2n) is 5.74. The lowest BCUT2D eigenvalue weighted by Gasteiger charge is -2.18. The third-order valence-electron chi connectivity index (χ3n) is 3.84. The number of ether oxygens (including phenoxy) is 2.